The first-order chi connectivity index (χ1) is 8.06. The number of rotatable bonds is 3. The summed E-state index contributed by atoms with van der Waals surface area (Å²) in [6.07, 6.45) is 0.989. The van der Waals surface area contributed by atoms with Crippen LogP contribution in [0.5, 0.6) is 0 Å². The topological polar surface area (TPSA) is 75.1 Å². The van der Waals surface area contributed by atoms with Crippen LogP contribution in [0.2, 0.25) is 0 Å². The van der Waals surface area contributed by atoms with Crippen LogP contribution in [0.1, 0.15) is 5.56 Å². The van der Waals surface area contributed by atoms with Crippen LogP contribution < -0.4 is 5.56 Å². The van der Waals surface area contributed by atoms with Crippen LogP contribution in [0, 0.1) is 5.82 Å². The molecule has 2 rings (SSSR count). The minimum atomic E-state index is -1.09. The van der Waals surface area contributed by atoms with Gasteiger partial charge in [-0.25, -0.2) is 4.39 Å². The molecule has 0 atom stereocenters. The SMILES string of the molecule is O=C(O)Cc1cn(-c2cccc(F)c2)[nH]c1=O. The number of carbonyl (C=O) groups is 1. The Hall–Kier alpha value is -2.37. The third-order valence-electron chi connectivity index (χ3n) is 2.23. The van der Waals surface area contributed by atoms with Crippen molar-refractivity contribution in [3.05, 3.63) is 52.2 Å². The second kappa shape index (κ2) is 4.25. The first-order valence-electron chi connectivity index (χ1n) is 4.84. The van der Waals surface area contributed by atoms with Crippen LogP contribution in [0.25, 0.3) is 5.69 Å². The largest absolute Gasteiger partial charge is 0.481 e. The van der Waals surface area contributed by atoms with E-state index in [4.69, 9.17) is 5.11 Å². The summed E-state index contributed by atoms with van der Waals surface area (Å²) in [6.45, 7) is 0. The lowest BCUT2D eigenvalue weighted by atomic mass is 10.2. The minimum Gasteiger partial charge on any atom is -0.481 e. The number of halogens is 1. The Morgan fingerprint density at radius 2 is 2.24 bits per heavy atom. The molecule has 6 heteroatoms. The van der Waals surface area contributed by atoms with Crippen molar-refractivity contribution in [1.82, 2.24) is 9.78 Å². The van der Waals surface area contributed by atoms with E-state index < -0.39 is 17.3 Å². The summed E-state index contributed by atoms with van der Waals surface area (Å²) in [6, 6.07) is 5.62. The highest BCUT2D eigenvalue weighted by Gasteiger charge is 2.09. The van der Waals surface area contributed by atoms with Crippen molar-refractivity contribution >= 4 is 5.97 Å². The number of nitrogens with one attached hydrogen (secondary N) is 1. The summed E-state index contributed by atoms with van der Waals surface area (Å²) in [4.78, 5) is 21.9. The molecule has 1 aromatic carbocycles. The van der Waals surface area contributed by atoms with E-state index in [-0.39, 0.29) is 12.0 Å². The molecule has 5 nitrogen and oxygen atoms in total. The summed E-state index contributed by atoms with van der Waals surface area (Å²) < 4.78 is 14.3. The molecule has 0 aliphatic heterocycles. The fourth-order valence-corrected chi connectivity index (χ4v) is 1.48. The highest BCUT2D eigenvalue weighted by molar-refractivity contribution is 5.69. The molecule has 0 fully saturated rings. The fourth-order valence-electron chi connectivity index (χ4n) is 1.48. The summed E-state index contributed by atoms with van der Waals surface area (Å²) in [5.74, 6) is -1.52. The van der Waals surface area contributed by atoms with E-state index in [1.54, 1.807) is 6.07 Å². The molecule has 0 aliphatic carbocycles. The molecule has 1 heterocycles. The highest BCUT2D eigenvalue weighted by atomic mass is 19.1. The van der Waals surface area contributed by atoms with Crippen LogP contribution in [0.4, 0.5) is 4.39 Å². The molecule has 1 aromatic heterocycles. The van der Waals surface area contributed by atoms with Gasteiger partial charge < -0.3 is 5.11 Å². The van der Waals surface area contributed by atoms with Gasteiger partial charge in [0.15, 0.2) is 0 Å². The monoisotopic (exact) mass is 236 g/mol. The third kappa shape index (κ3) is 2.41. The fraction of sp³-hybridized carbons (Fsp3) is 0.0909. The van der Waals surface area contributed by atoms with Crippen LogP contribution >= 0.6 is 0 Å². The van der Waals surface area contributed by atoms with Crippen molar-refractivity contribution < 1.29 is 14.3 Å². The number of H-pyrrole nitrogens is 1. The molecular weight excluding hydrogens is 227 g/mol. The zero-order valence-electron chi connectivity index (χ0n) is 8.68. The van der Waals surface area contributed by atoms with Crippen LogP contribution in [-0.4, -0.2) is 20.9 Å². The maximum atomic E-state index is 13.0. The Bertz CT molecular complexity index is 615. The predicted octanol–water partition coefficient (Wildman–Crippen LogP) is 0.932. The average molecular weight is 236 g/mol. The van der Waals surface area contributed by atoms with Gasteiger partial charge in [0, 0.05) is 11.8 Å². The van der Waals surface area contributed by atoms with E-state index in [1.807, 2.05) is 0 Å². The highest BCUT2D eigenvalue weighted by Crippen LogP contribution is 2.08. The van der Waals surface area contributed by atoms with Gasteiger partial charge in [0.25, 0.3) is 5.56 Å². The molecule has 0 saturated carbocycles. The van der Waals surface area contributed by atoms with E-state index in [2.05, 4.69) is 5.10 Å². The summed E-state index contributed by atoms with van der Waals surface area (Å²) in [5.41, 5.74) is 0.0668. The molecule has 0 spiro atoms. The van der Waals surface area contributed by atoms with Gasteiger partial charge in [0.1, 0.15) is 5.82 Å². The number of aliphatic carboxylic acids is 1. The number of carboxylic acid groups (broad SMARTS) is 1. The van der Waals surface area contributed by atoms with Crippen molar-refractivity contribution in [2.24, 2.45) is 0 Å². The second-order valence-electron chi connectivity index (χ2n) is 3.52. The van der Waals surface area contributed by atoms with Crippen molar-refractivity contribution in [2.45, 2.75) is 6.42 Å². The summed E-state index contributed by atoms with van der Waals surface area (Å²) in [7, 11) is 0. The summed E-state index contributed by atoms with van der Waals surface area (Å²) in [5, 5.41) is 11.0. The van der Waals surface area contributed by atoms with Gasteiger partial charge in [-0.1, -0.05) is 6.07 Å². The van der Waals surface area contributed by atoms with E-state index in [0.29, 0.717) is 5.69 Å². The van der Waals surface area contributed by atoms with E-state index in [9.17, 15) is 14.0 Å². The predicted molar refractivity (Wildman–Crippen MR) is 57.7 cm³/mol. The van der Waals surface area contributed by atoms with Gasteiger partial charge in [-0.05, 0) is 18.2 Å². The molecule has 0 bridgehead atoms. The van der Waals surface area contributed by atoms with E-state index in [1.165, 1.54) is 29.1 Å². The van der Waals surface area contributed by atoms with Crippen molar-refractivity contribution in [3.63, 3.8) is 0 Å². The quantitative estimate of drug-likeness (QED) is 0.832. The van der Waals surface area contributed by atoms with Gasteiger partial charge >= 0.3 is 5.97 Å². The van der Waals surface area contributed by atoms with Crippen molar-refractivity contribution in [3.8, 4) is 5.69 Å². The smallest absolute Gasteiger partial charge is 0.308 e. The van der Waals surface area contributed by atoms with E-state index in [0.717, 1.165) is 0 Å². The van der Waals surface area contributed by atoms with E-state index >= 15 is 0 Å². The minimum absolute atomic E-state index is 0.127. The number of aromatic amines is 1. The molecule has 2 N–H and O–H groups in total. The standard InChI is InChI=1S/C11H9FN2O3/c12-8-2-1-3-9(5-8)14-6-7(4-10(15)16)11(17)13-14/h1-3,5-6H,4H2,(H,13,17)(H,15,16). The Morgan fingerprint density at radius 3 is 2.88 bits per heavy atom. The first-order valence-corrected chi connectivity index (χ1v) is 4.84. The maximum Gasteiger partial charge on any atom is 0.308 e. The number of hydrogen-bond donors (Lipinski definition) is 2. The first kappa shape index (κ1) is 11.1. The van der Waals surface area contributed by atoms with Gasteiger partial charge in [0.05, 0.1) is 12.1 Å². The molecule has 17 heavy (non-hydrogen) atoms. The van der Waals surface area contributed by atoms with Gasteiger partial charge in [-0.2, -0.15) is 0 Å². The Kier molecular flexibility index (Phi) is 2.78. The van der Waals surface area contributed by atoms with Crippen molar-refractivity contribution in [1.29, 1.82) is 0 Å². The lowest BCUT2D eigenvalue weighted by molar-refractivity contribution is -0.136. The number of benzene rings is 1. The Balaban J connectivity index is 2.41. The lowest BCUT2D eigenvalue weighted by Gasteiger charge is -2.00. The molecule has 0 unspecified atom stereocenters. The lowest BCUT2D eigenvalue weighted by Crippen LogP contribution is -2.11. The molecule has 0 aliphatic rings. The third-order valence-corrected chi connectivity index (χ3v) is 2.23. The molecule has 0 saturated heterocycles. The van der Waals surface area contributed by atoms with Gasteiger partial charge in [0.2, 0.25) is 0 Å². The van der Waals surface area contributed by atoms with Crippen LogP contribution in [0.15, 0.2) is 35.3 Å². The van der Waals surface area contributed by atoms with Crippen molar-refractivity contribution in [2.75, 3.05) is 0 Å². The normalized spacial score (nSPS) is 10.4. The number of carboxylic acids is 1. The second-order valence-corrected chi connectivity index (χ2v) is 3.52. The maximum absolute atomic E-state index is 13.0. The molecule has 0 radical (unpaired) electrons. The van der Waals surface area contributed by atoms with Gasteiger partial charge in [-0.15, -0.1) is 0 Å². The zero-order valence-corrected chi connectivity index (χ0v) is 8.68. The average Bonchev–Trinajstić information content (AvgIpc) is 2.59. The molecule has 0 amide bonds. The summed E-state index contributed by atoms with van der Waals surface area (Å²) >= 11 is 0. The number of aromatic nitrogens is 2. The number of hydrogen-bond acceptors (Lipinski definition) is 2. The number of nitrogens with zero attached hydrogens (tertiary/aromatic N) is 1. The zero-order chi connectivity index (χ0) is 12.4. The van der Waals surface area contributed by atoms with Gasteiger partial charge in [-0.3, -0.25) is 19.4 Å². The van der Waals surface area contributed by atoms with Crippen LogP contribution in [-0.2, 0) is 11.2 Å². The Morgan fingerprint density at radius 1 is 1.47 bits per heavy atom. The molecule has 88 valence electrons. The Labute approximate surface area is 95.1 Å². The molecular formula is C11H9FN2O3. The molecule has 2 aromatic rings. The van der Waals surface area contributed by atoms with Crippen LogP contribution in [0.3, 0.4) is 0 Å².